The fourth-order valence-corrected chi connectivity index (χ4v) is 3.03. The summed E-state index contributed by atoms with van der Waals surface area (Å²) < 4.78 is 0. The average molecular weight is 260 g/mol. The number of likely N-dealkylation sites (tertiary alicyclic amines) is 1. The molecule has 19 heavy (non-hydrogen) atoms. The second kappa shape index (κ2) is 7.06. The molecule has 0 saturated carbocycles. The first kappa shape index (κ1) is 14.5. The van der Waals surface area contributed by atoms with Gasteiger partial charge in [0.1, 0.15) is 0 Å². The van der Waals surface area contributed by atoms with E-state index < -0.39 is 0 Å². The summed E-state index contributed by atoms with van der Waals surface area (Å²) in [4.78, 5) is 2.58. The maximum absolute atomic E-state index is 6.26. The van der Waals surface area contributed by atoms with Crippen molar-refractivity contribution in [2.45, 2.75) is 39.2 Å². The Morgan fingerprint density at radius 2 is 1.79 bits per heavy atom. The van der Waals surface area contributed by atoms with Crippen LogP contribution >= 0.6 is 0 Å². The highest BCUT2D eigenvalue weighted by Crippen LogP contribution is 2.25. The molecule has 1 aromatic carbocycles. The zero-order chi connectivity index (χ0) is 13.7. The quantitative estimate of drug-likeness (QED) is 0.878. The fourth-order valence-electron chi connectivity index (χ4n) is 3.03. The summed E-state index contributed by atoms with van der Waals surface area (Å²) in [5, 5.41) is 0. The van der Waals surface area contributed by atoms with Gasteiger partial charge in [0.2, 0.25) is 0 Å². The number of benzene rings is 1. The predicted molar refractivity (Wildman–Crippen MR) is 82.0 cm³/mol. The van der Waals surface area contributed by atoms with Crippen LogP contribution in [0.2, 0.25) is 0 Å². The molecular weight excluding hydrogens is 232 g/mol. The van der Waals surface area contributed by atoms with Gasteiger partial charge in [-0.25, -0.2) is 0 Å². The van der Waals surface area contributed by atoms with E-state index in [9.17, 15) is 0 Å². The summed E-state index contributed by atoms with van der Waals surface area (Å²) in [6.07, 6.45) is 3.78. The Balaban J connectivity index is 1.72. The van der Waals surface area contributed by atoms with Gasteiger partial charge < -0.3 is 10.6 Å². The molecule has 1 aromatic rings. The number of piperidine rings is 1. The standard InChI is InChI=1S/C17H28N2/c1-14(2)15-8-11-19(12-9-15)13-10-17(18)16-6-4-3-5-7-16/h3-7,14-15,17H,8-13,18H2,1-2H3. The van der Waals surface area contributed by atoms with Gasteiger partial charge >= 0.3 is 0 Å². The van der Waals surface area contributed by atoms with E-state index in [0.717, 1.165) is 24.8 Å². The highest BCUT2D eigenvalue weighted by molar-refractivity contribution is 5.18. The average Bonchev–Trinajstić information content (AvgIpc) is 2.46. The van der Waals surface area contributed by atoms with Crippen molar-refractivity contribution in [3.05, 3.63) is 35.9 Å². The highest BCUT2D eigenvalue weighted by Gasteiger charge is 2.21. The summed E-state index contributed by atoms with van der Waals surface area (Å²) in [6.45, 7) is 8.35. The van der Waals surface area contributed by atoms with Crippen molar-refractivity contribution in [2.75, 3.05) is 19.6 Å². The Bertz CT molecular complexity index is 353. The van der Waals surface area contributed by atoms with Gasteiger partial charge in [0.05, 0.1) is 0 Å². The molecule has 2 rings (SSSR count). The van der Waals surface area contributed by atoms with Crippen LogP contribution in [0.3, 0.4) is 0 Å². The summed E-state index contributed by atoms with van der Waals surface area (Å²) in [7, 11) is 0. The van der Waals surface area contributed by atoms with Gasteiger partial charge in [-0.05, 0) is 56.3 Å². The highest BCUT2D eigenvalue weighted by atomic mass is 15.1. The molecule has 2 nitrogen and oxygen atoms in total. The predicted octanol–water partition coefficient (Wildman–Crippen LogP) is 3.44. The maximum Gasteiger partial charge on any atom is 0.0307 e. The van der Waals surface area contributed by atoms with Crippen molar-refractivity contribution >= 4 is 0 Å². The van der Waals surface area contributed by atoms with Gasteiger partial charge in [-0.1, -0.05) is 44.2 Å². The van der Waals surface area contributed by atoms with E-state index in [1.807, 2.05) is 6.07 Å². The lowest BCUT2D eigenvalue weighted by Gasteiger charge is -2.34. The van der Waals surface area contributed by atoms with E-state index in [1.54, 1.807) is 0 Å². The summed E-state index contributed by atoms with van der Waals surface area (Å²) in [5.74, 6) is 1.77. The molecule has 1 aliphatic heterocycles. The Labute approximate surface area is 118 Å². The van der Waals surface area contributed by atoms with Gasteiger partial charge in [-0.3, -0.25) is 0 Å². The second-order valence-electron chi connectivity index (χ2n) is 6.23. The van der Waals surface area contributed by atoms with Crippen LogP contribution < -0.4 is 5.73 Å². The fraction of sp³-hybridized carbons (Fsp3) is 0.647. The van der Waals surface area contributed by atoms with Gasteiger partial charge in [0.15, 0.2) is 0 Å². The van der Waals surface area contributed by atoms with Crippen LogP contribution in [0, 0.1) is 11.8 Å². The maximum atomic E-state index is 6.26. The monoisotopic (exact) mass is 260 g/mol. The molecule has 2 N–H and O–H groups in total. The number of hydrogen-bond donors (Lipinski definition) is 1. The molecule has 106 valence electrons. The number of rotatable bonds is 5. The third kappa shape index (κ3) is 4.32. The third-order valence-electron chi connectivity index (χ3n) is 4.56. The van der Waals surface area contributed by atoms with Gasteiger partial charge in [-0.15, -0.1) is 0 Å². The molecule has 0 aliphatic carbocycles. The minimum atomic E-state index is 0.184. The van der Waals surface area contributed by atoms with Crippen molar-refractivity contribution in [3.63, 3.8) is 0 Å². The Morgan fingerprint density at radius 3 is 2.37 bits per heavy atom. The molecule has 0 bridgehead atoms. The number of nitrogens with zero attached hydrogens (tertiary/aromatic N) is 1. The van der Waals surface area contributed by atoms with E-state index in [2.05, 4.69) is 43.0 Å². The van der Waals surface area contributed by atoms with Gasteiger partial charge in [0.25, 0.3) is 0 Å². The lowest BCUT2D eigenvalue weighted by Crippen LogP contribution is -2.36. The van der Waals surface area contributed by atoms with Crippen molar-refractivity contribution in [2.24, 2.45) is 17.6 Å². The van der Waals surface area contributed by atoms with Crippen LogP contribution in [0.5, 0.6) is 0 Å². The SMILES string of the molecule is CC(C)C1CCN(CCC(N)c2ccccc2)CC1. The minimum Gasteiger partial charge on any atom is -0.324 e. The van der Waals surface area contributed by atoms with Crippen LogP contribution in [0.15, 0.2) is 30.3 Å². The zero-order valence-corrected chi connectivity index (χ0v) is 12.4. The molecule has 0 aromatic heterocycles. The van der Waals surface area contributed by atoms with Crippen molar-refractivity contribution in [3.8, 4) is 0 Å². The van der Waals surface area contributed by atoms with E-state index in [-0.39, 0.29) is 6.04 Å². The molecule has 1 aliphatic rings. The van der Waals surface area contributed by atoms with Crippen LogP contribution in [0.1, 0.15) is 44.7 Å². The zero-order valence-electron chi connectivity index (χ0n) is 12.4. The van der Waals surface area contributed by atoms with Crippen molar-refractivity contribution in [1.82, 2.24) is 4.90 Å². The third-order valence-corrected chi connectivity index (χ3v) is 4.56. The van der Waals surface area contributed by atoms with E-state index in [4.69, 9.17) is 5.73 Å². The van der Waals surface area contributed by atoms with Crippen LogP contribution in [0.25, 0.3) is 0 Å². The summed E-state index contributed by atoms with van der Waals surface area (Å²) >= 11 is 0. The first-order valence-corrected chi connectivity index (χ1v) is 7.69. The van der Waals surface area contributed by atoms with E-state index in [1.165, 1.54) is 31.5 Å². The molecular formula is C17H28N2. The molecule has 1 saturated heterocycles. The first-order chi connectivity index (χ1) is 9.16. The molecule has 0 spiro atoms. The largest absolute Gasteiger partial charge is 0.324 e. The number of hydrogen-bond acceptors (Lipinski definition) is 2. The molecule has 1 heterocycles. The Morgan fingerprint density at radius 1 is 1.16 bits per heavy atom. The van der Waals surface area contributed by atoms with E-state index >= 15 is 0 Å². The Kier molecular flexibility index (Phi) is 5.41. The van der Waals surface area contributed by atoms with Crippen molar-refractivity contribution in [1.29, 1.82) is 0 Å². The van der Waals surface area contributed by atoms with Crippen LogP contribution in [0.4, 0.5) is 0 Å². The summed E-state index contributed by atoms with van der Waals surface area (Å²) in [5.41, 5.74) is 7.52. The topological polar surface area (TPSA) is 29.3 Å². The van der Waals surface area contributed by atoms with Crippen LogP contribution in [-0.4, -0.2) is 24.5 Å². The lowest BCUT2D eigenvalue weighted by molar-refractivity contribution is 0.154. The van der Waals surface area contributed by atoms with Crippen LogP contribution in [-0.2, 0) is 0 Å². The lowest BCUT2D eigenvalue weighted by atomic mass is 9.86. The van der Waals surface area contributed by atoms with Gasteiger partial charge in [-0.2, -0.15) is 0 Å². The smallest absolute Gasteiger partial charge is 0.0307 e. The minimum absolute atomic E-state index is 0.184. The molecule has 2 heteroatoms. The number of nitrogens with two attached hydrogens (primary N) is 1. The molecule has 1 fully saturated rings. The molecule has 1 unspecified atom stereocenters. The normalized spacial score (nSPS) is 19.8. The molecule has 0 amide bonds. The summed E-state index contributed by atoms with van der Waals surface area (Å²) in [6, 6.07) is 10.6. The van der Waals surface area contributed by atoms with E-state index in [0.29, 0.717) is 0 Å². The molecule has 0 radical (unpaired) electrons. The van der Waals surface area contributed by atoms with Gasteiger partial charge in [0, 0.05) is 6.04 Å². The Hall–Kier alpha value is -0.860. The second-order valence-corrected chi connectivity index (χ2v) is 6.23. The first-order valence-electron chi connectivity index (χ1n) is 7.69. The van der Waals surface area contributed by atoms with Crippen molar-refractivity contribution < 1.29 is 0 Å². The molecule has 1 atom stereocenters.